The molecule has 4 rings (SSSR count). The first-order valence-corrected chi connectivity index (χ1v) is 8.83. The predicted molar refractivity (Wildman–Crippen MR) is 101 cm³/mol. The molecule has 0 aliphatic carbocycles. The number of hydrogen-bond acceptors (Lipinski definition) is 4. The minimum absolute atomic E-state index is 0.262. The number of alkyl halides is 3. The third-order valence-corrected chi connectivity index (χ3v) is 4.21. The minimum atomic E-state index is -4.77. The van der Waals surface area contributed by atoms with E-state index in [9.17, 15) is 13.2 Å². The van der Waals surface area contributed by atoms with Crippen molar-refractivity contribution >= 4 is 17.2 Å². The average Bonchev–Trinajstić information content (AvgIpc) is 3.08. The molecule has 9 heteroatoms. The van der Waals surface area contributed by atoms with Gasteiger partial charge in [-0.2, -0.15) is 0 Å². The highest BCUT2D eigenvalue weighted by molar-refractivity contribution is 6.30. The molecule has 0 amide bonds. The van der Waals surface area contributed by atoms with Crippen LogP contribution < -0.4 is 9.47 Å². The van der Waals surface area contributed by atoms with Crippen molar-refractivity contribution in [2.45, 2.75) is 13.0 Å². The number of rotatable bonds is 5. The molecule has 29 heavy (non-hydrogen) atoms. The summed E-state index contributed by atoms with van der Waals surface area (Å²) in [5, 5.41) is 4.99. The topological polar surface area (TPSA) is 48.7 Å². The lowest BCUT2D eigenvalue weighted by atomic mass is 10.1. The van der Waals surface area contributed by atoms with Crippen molar-refractivity contribution < 1.29 is 22.6 Å². The molecule has 0 unspecified atom stereocenters. The monoisotopic (exact) mass is 419 g/mol. The molecule has 148 valence electrons. The Morgan fingerprint density at radius 2 is 1.83 bits per heavy atom. The van der Waals surface area contributed by atoms with Gasteiger partial charge in [-0.15, -0.1) is 18.3 Å². The average molecular weight is 420 g/mol. The van der Waals surface area contributed by atoms with Crippen LogP contribution in [0.3, 0.4) is 0 Å². The first-order chi connectivity index (χ1) is 13.9. The molecule has 0 N–H and O–H groups in total. The fourth-order valence-electron chi connectivity index (χ4n) is 2.77. The van der Waals surface area contributed by atoms with Gasteiger partial charge in [0.05, 0.1) is 11.9 Å². The van der Waals surface area contributed by atoms with E-state index in [2.05, 4.69) is 14.8 Å². The minimum Gasteiger partial charge on any atom is -0.472 e. The zero-order valence-electron chi connectivity index (χ0n) is 14.7. The molecule has 0 spiro atoms. The van der Waals surface area contributed by atoms with Crippen molar-refractivity contribution in [1.82, 2.24) is 14.6 Å². The van der Waals surface area contributed by atoms with Gasteiger partial charge in [0.1, 0.15) is 12.4 Å². The molecule has 5 nitrogen and oxygen atoms in total. The first-order valence-electron chi connectivity index (χ1n) is 8.46. The van der Waals surface area contributed by atoms with Crippen LogP contribution in [0.15, 0.2) is 66.9 Å². The van der Waals surface area contributed by atoms with Crippen LogP contribution in [0.25, 0.3) is 16.9 Å². The van der Waals surface area contributed by atoms with Gasteiger partial charge in [0.2, 0.25) is 5.88 Å². The van der Waals surface area contributed by atoms with Gasteiger partial charge in [-0.05, 0) is 35.9 Å². The van der Waals surface area contributed by atoms with Gasteiger partial charge in [0, 0.05) is 16.7 Å². The SMILES string of the molecule is FC(F)(F)Oc1cccc(-c2cnc3ccc(OCc4cccc(Cl)c4)nn23)c1. The second-order valence-corrected chi connectivity index (χ2v) is 6.52. The summed E-state index contributed by atoms with van der Waals surface area (Å²) in [6.07, 6.45) is -3.24. The molecule has 0 bridgehead atoms. The Bertz CT molecular complexity index is 1160. The quantitative estimate of drug-likeness (QED) is 0.427. The van der Waals surface area contributed by atoms with E-state index < -0.39 is 6.36 Å². The summed E-state index contributed by atoms with van der Waals surface area (Å²) in [5.41, 5.74) is 2.37. The maximum Gasteiger partial charge on any atom is 0.573 e. The molecule has 0 atom stereocenters. The van der Waals surface area contributed by atoms with Crippen LogP contribution in [-0.4, -0.2) is 21.0 Å². The Morgan fingerprint density at radius 1 is 1.00 bits per heavy atom. The van der Waals surface area contributed by atoms with Crippen LogP contribution in [0.4, 0.5) is 13.2 Å². The van der Waals surface area contributed by atoms with Gasteiger partial charge in [-0.25, -0.2) is 9.50 Å². The van der Waals surface area contributed by atoms with Gasteiger partial charge >= 0.3 is 6.36 Å². The highest BCUT2D eigenvalue weighted by atomic mass is 35.5. The summed E-state index contributed by atoms with van der Waals surface area (Å²) in [6, 6.07) is 16.2. The van der Waals surface area contributed by atoms with Gasteiger partial charge in [-0.3, -0.25) is 0 Å². The molecule has 2 aromatic carbocycles. The maximum atomic E-state index is 12.5. The molecule has 0 radical (unpaired) electrons. The molecular formula is C20H13ClF3N3O2. The van der Waals surface area contributed by atoms with E-state index in [0.29, 0.717) is 27.8 Å². The molecule has 2 aromatic heterocycles. The fourth-order valence-corrected chi connectivity index (χ4v) is 2.98. The standard InChI is InChI=1S/C20H13ClF3N3O2/c21-15-5-1-3-13(9-15)12-28-19-8-7-18-25-11-17(27(18)26-19)14-4-2-6-16(10-14)29-20(22,23)24/h1-11H,12H2. The molecule has 0 saturated heterocycles. The second-order valence-electron chi connectivity index (χ2n) is 6.08. The molecule has 2 heterocycles. The van der Waals surface area contributed by atoms with Gasteiger partial charge in [-0.1, -0.05) is 35.9 Å². The zero-order chi connectivity index (χ0) is 20.4. The number of fused-ring (bicyclic) bond motifs is 1. The van der Waals surface area contributed by atoms with Crippen molar-refractivity contribution in [3.05, 3.63) is 77.4 Å². The summed E-state index contributed by atoms with van der Waals surface area (Å²) in [6.45, 7) is 0.262. The molecular weight excluding hydrogens is 407 g/mol. The lowest BCUT2D eigenvalue weighted by molar-refractivity contribution is -0.274. The summed E-state index contributed by atoms with van der Waals surface area (Å²) in [5.74, 6) is 0.0118. The maximum absolute atomic E-state index is 12.5. The molecule has 0 aliphatic rings. The van der Waals surface area contributed by atoms with E-state index in [-0.39, 0.29) is 12.4 Å². The fraction of sp³-hybridized carbons (Fsp3) is 0.100. The van der Waals surface area contributed by atoms with E-state index in [0.717, 1.165) is 5.56 Å². The number of halogens is 4. The number of aromatic nitrogens is 3. The Hall–Kier alpha value is -3.26. The number of hydrogen-bond donors (Lipinski definition) is 0. The summed E-state index contributed by atoms with van der Waals surface area (Å²) < 4.78 is 48.7. The molecule has 4 aromatic rings. The van der Waals surface area contributed by atoms with Crippen molar-refractivity contribution in [1.29, 1.82) is 0 Å². The largest absolute Gasteiger partial charge is 0.573 e. The number of nitrogens with zero attached hydrogens (tertiary/aromatic N) is 3. The van der Waals surface area contributed by atoms with Crippen LogP contribution in [0.1, 0.15) is 5.56 Å². The van der Waals surface area contributed by atoms with Crippen molar-refractivity contribution in [3.8, 4) is 22.9 Å². The van der Waals surface area contributed by atoms with E-state index >= 15 is 0 Å². The Labute approximate surface area is 168 Å². The second kappa shape index (κ2) is 7.63. The first kappa shape index (κ1) is 19.1. The van der Waals surface area contributed by atoms with E-state index in [1.54, 1.807) is 30.3 Å². The highest BCUT2D eigenvalue weighted by Crippen LogP contribution is 2.28. The lowest BCUT2D eigenvalue weighted by Crippen LogP contribution is -2.17. The molecule has 0 saturated carbocycles. The number of ether oxygens (including phenoxy) is 2. The number of imidazole rings is 1. The zero-order valence-corrected chi connectivity index (χ0v) is 15.5. The molecule has 0 aliphatic heterocycles. The smallest absolute Gasteiger partial charge is 0.472 e. The Balaban J connectivity index is 1.61. The Morgan fingerprint density at radius 3 is 2.62 bits per heavy atom. The van der Waals surface area contributed by atoms with Crippen molar-refractivity contribution in [2.75, 3.05) is 0 Å². The van der Waals surface area contributed by atoms with Gasteiger partial charge in [0.15, 0.2) is 5.65 Å². The van der Waals surface area contributed by atoms with E-state index in [1.807, 2.05) is 12.1 Å². The van der Waals surface area contributed by atoms with Crippen LogP contribution in [0.5, 0.6) is 11.6 Å². The lowest BCUT2D eigenvalue weighted by Gasteiger charge is -2.10. The van der Waals surface area contributed by atoms with Crippen LogP contribution in [0, 0.1) is 0 Å². The van der Waals surface area contributed by atoms with Crippen LogP contribution in [0.2, 0.25) is 5.02 Å². The van der Waals surface area contributed by atoms with Gasteiger partial charge < -0.3 is 9.47 Å². The summed E-state index contributed by atoms with van der Waals surface area (Å²) in [7, 11) is 0. The number of benzene rings is 2. The third kappa shape index (κ3) is 4.60. The third-order valence-electron chi connectivity index (χ3n) is 3.98. The van der Waals surface area contributed by atoms with Crippen LogP contribution >= 0.6 is 11.6 Å². The van der Waals surface area contributed by atoms with Crippen molar-refractivity contribution in [2.24, 2.45) is 0 Å². The normalized spacial score (nSPS) is 11.6. The molecule has 0 fully saturated rings. The van der Waals surface area contributed by atoms with Crippen molar-refractivity contribution in [3.63, 3.8) is 0 Å². The highest BCUT2D eigenvalue weighted by Gasteiger charge is 2.31. The predicted octanol–water partition coefficient (Wildman–Crippen LogP) is 5.53. The Kier molecular flexibility index (Phi) is 5.02. The summed E-state index contributed by atoms with van der Waals surface area (Å²) in [4.78, 5) is 4.23. The van der Waals surface area contributed by atoms with Crippen LogP contribution in [-0.2, 0) is 6.61 Å². The van der Waals surface area contributed by atoms with E-state index in [1.165, 1.54) is 28.9 Å². The van der Waals surface area contributed by atoms with Gasteiger partial charge in [0.25, 0.3) is 0 Å². The summed E-state index contributed by atoms with van der Waals surface area (Å²) >= 11 is 5.97. The van der Waals surface area contributed by atoms with E-state index in [4.69, 9.17) is 16.3 Å².